The van der Waals surface area contributed by atoms with Gasteiger partial charge in [-0.3, -0.25) is 0 Å². The first-order valence-corrected chi connectivity index (χ1v) is 15.3. The van der Waals surface area contributed by atoms with Crippen LogP contribution in [-0.4, -0.2) is 0 Å². The molecule has 0 nitrogen and oxygen atoms in total. The minimum Gasteiger partial charge on any atom is -0.0616 e. The molecule has 0 aliphatic rings. The van der Waals surface area contributed by atoms with Gasteiger partial charge in [-0.25, -0.2) is 0 Å². The highest BCUT2D eigenvalue weighted by molar-refractivity contribution is 6.17. The summed E-state index contributed by atoms with van der Waals surface area (Å²) in [6.45, 7) is 0. The quantitative estimate of drug-likeness (QED) is 0.190. The van der Waals surface area contributed by atoms with E-state index in [1.54, 1.807) is 0 Å². The van der Waals surface area contributed by atoms with Crippen LogP contribution < -0.4 is 0 Å². The van der Waals surface area contributed by atoms with Gasteiger partial charge in [0.2, 0.25) is 0 Å². The smallest absolute Gasteiger partial charge is 0.00264 e. The SMILES string of the molecule is c1ccc2cc(-c3c4ccccc4cc4cc(-c5cccc6ccccc56)c(-c5cccc6ccccc56)cc34)ccc2c1. The van der Waals surface area contributed by atoms with Crippen LogP contribution in [0.25, 0.3) is 87.2 Å². The standard InChI is InChI=1S/C44H28/c1-2-14-32-25-34(24-23-29(32)11-1)44-38-20-8-5-15-33(38)26-35-27-42(39-21-9-16-30-12-3-6-18-36(30)39)43(28-41(35)44)40-22-10-17-31-13-4-7-19-37(31)40/h1-28H. The molecule has 0 aliphatic heterocycles. The normalized spacial score (nSPS) is 11.6. The molecule has 0 heterocycles. The Balaban J connectivity index is 1.45. The van der Waals surface area contributed by atoms with E-state index in [9.17, 15) is 0 Å². The van der Waals surface area contributed by atoms with Crippen LogP contribution in [0.15, 0.2) is 170 Å². The minimum absolute atomic E-state index is 1.24. The number of rotatable bonds is 3. The van der Waals surface area contributed by atoms with E-state index in [1.807, 2.05) is 0 Å². The van der Waals surface area contributed by atoms with E-state index >= 15 is 0 Å². The Morgan fingerprint density at radius 2 is 0.750 bits per heavy atom. The number of benzene rings is 9. The molecule has 0 bridgehead atoms. The van der Waals surface area contributed by atoms with E-state index < -0.39 is 0 Å². The Bertz CT molecular complexity index is 2540. The zero-order valence-corrected chi connectivity index (χ0v) is 24.2. The maximum absolute atomic E-state index is 2.46. The van der Waals surface area contributed by atoms with Gasteiger partial charge in [-0.2, -0.15) is 0 Å². The molecule has 0 amide bonds. The van der Waals surface area contributed by atoms with E-state index in [0.29, 0.717) is 0 Å². The molecule has 0 atom stereocenters. The molecule has 0 N–H and O–H groups in total. The average molecular weight is 557 g/mol. The van der Waals surface area contributed by atoms with Crippen LogP contribution in [-0.2, 0) is 0 Å². The third kappa shape index (κ3) is 3.92. The molecule has 9 rings (SSSR count). The van der Waals surface area contributed by atoms with Crippen molar-refractivity contribution in [3.8, 4) is 33.4 Å². The Morgan fingerprint density at radius 1 is 0.227 bits per heavy atom. The van der Waals surface area contributed by atoms with E-state index in [4.69, 9.17) is 0 Å². The van der Waals surface area contributed by atoms with Crippen molar-refractivity contribution in [3.63, 3.8) is 0 Å². The Morgan fingerprint density at radius 3 is 1.43 bits per heavy atom. The molecule has 0 aliphatic carbocycles. The van der Waals surface area contributed by atoms with Crippen LogP contribution in [0.5, 0.6) is 0 Å². The lowest BCUT2D eigenvalue weighted by Crippen LogP contribution is -1.92. The van der Waals surface area contributed by atoms with Crippen molar-refractivity contribution in [2.24, 2.45) is 0 Å². The summed E-state index contributed by atoms with van der Waals surface area (Å²) in [5.74, 6) is 0. The van der Waals surface area contributed by atoms with Gasteiger partial charge in [0.05, 0.1) is 0 Å². The lowest BCUT2D eigenvalue weighted by Gasteiger charge is -2.19. The number of fused-ring (bicyclic) bond motifs is 5. The van der Waals surface area contributed by atoms with E-state index in [2.05, 4.69) is 170 Å². The van der Waals surface area contributed by atoms with Gasteiger partial charge >= 0.3 is 0 Å². The van der Waals surface area contributed by atoms with Gasteiger partial charge < -0.3 is 0 Å². The summed E-state index contributed by atoms with van der Waals surface area (Å²) in [7, 11) is 0. The summed E-state index contributed by atoms with van der Waals surface area (Å²) in [6, 6.07) is 62.5. The van der Waals surface area contributed by atoms with Crippen molar-refractivity contribution in [1.29, 1.82) is 0 Å². The molecule has 0 unspecified atom stereocenters. The van der Waals surface area contributed by atoms with Crippen molar-refractivity contribution in [1.82, 2.24) is 0 Å². The molecule has 0 saturated carbocycles. The van der Waals surface area contributed by atoms with Crippen LogP contribution in [0.2, 0.25) is 0 Å². The average Bonchev–Trinajstić information content (AvgIpc) is 3.09. The van der Waals surface area contributed by atoms with E-state index in [1.165, 1.54) is 87.2 Å². The van der Waals surface area contributed by atoms with Crippen LogP contribution in [0, 0.1) is 0 Å². The molecule has 0 saturated heterocycles. The molecule has 204 valence electrons. The lowest BCUT2D eigenvalue weighted by atomic mass is 9.84. The first-order chi connectivity index (χ1) is 21.8. The van der Waals surface area contributed by atoms with Gasteiger partial charge in [0.15, 0.2) is 0 Å². The topological polar surface area (TPSA) is 0 Å². The Hall–Kier alpha value is -5.72. The second-order valence-corrected chi connectivity index (χ2v) is 11.7. The van der Waals surface area contributed by atoms with E-state index in [-0.39, 0.29) is 0 Å². The molecular formula is C44H28. The highest BCUT2D eigenvalue weighted by Gasteiger charge is 2.18. The molecule has 0 aromatic heterocycles. The third-order valence-electron chi connectivity index (χ3n) is 9.20. The highest BCUT2D eigenvalue weighted by Crippen LogP contribution is 2.45. The summed E-state index contributed by atoms with van der Waals surface area (Å²) in [4.78, 5) is 0. The van der Waals surface area contributed by atoms with Gasteiger partial charge in [-0.15, -0.1) is 0 Å². The first kappa shape index (κ1) is 24.8. The molecule has 0 heteroatoms. The van der Waals surface area contributed by atoms with E-state index in [0.717, 1.165) is 0 Å². The molecular weight excluding hydrogens is 528 g/mol. The second kappa shape index (κ2) is 9.93. The third-order valence-corrected chi connectivity index (χ3v) is 9.20. The summed E-state index contributed by atoms with van der Waals surface area (Å²) in [5.41, 5.74) is 7.55. The maximum atomic E-state index is 2.46. The van der Waals surface area contributed by atoms with Crippen molar-refractivity contribution >= 4 is 53.9 Å². The molecule has 0 radical (unpaired) electrons. The number of hydrogen-bond donors (Lipinski definition) is 0. The maximum Gasteiger partial charge on any atom is -0.00264 e. The predicted molar refractivity (Wildman–Crippen MR) is 190 cm³/mol. The van der Waals surface area contributed by atoms with Crippen LogP contribution in [0.1, 0.15) is 0 Å². The summed E-state index contributed by atoms with van der Waals surface area (Å²) in [6.07, 6.45) is 0. The second-order valence-electron chi connectivity index (χ2n) is 11.7. The lowest BCUT2D eigenvalue weighted by molar-refractivity contribution is 1.64. The van der Waals surface area contributed by atoms with Gasteiger partial charge in [0.1, 0.15) is 0 Å². The summed E-state index contributed by atoms with van der Waals surface area (Å²) >= 11 is 0. The zero-order valence-electron chi connectivity index (χ0n) is 24.2. The van der Waals surface area contributed by atoms with Gasteiger partial charge in [0, 0.05) is 0 Å². The van der Waals surface area contributed by atoms with Crippen molar-refractivity contribution < 1.29 is 0 Å². The number of hydrogen-bond acceptors (Lipinski definition) is 0. The Labute approximate surface area is 256 Å². The Kier molecular flexibility index (Phi) is 5.61. The first-order valence-electron chi connectivity index (χ1n) is 15.3. The fourth-order valence-electron chi connectivity index (χ4n) is 7.14. The van der Waals surface area contributed by atoms with Crippen LogP contribution >= 0.6 is 0 Å². The molecule has 0 fully saturated rings. The highest BCUT2D eigenvalue weighted by atomic mass is 14.2. The van der Waals surface area contributed by atoms with Gasteiger partial charge in [-0.1, -0.05) is 146 Å². The van der Waals surface area contributed by atoms with Gasteiger partial charge in [-0.05, 0) is 112 Å². The van der Waals surface area contributed by atoms with Crippen molar-refractivity contribution in [2.75, 3.05) is 0 Å². The molecule has 9 aromatic rings. The van der Waals surface area contributed by atoms with Crippen LogP contribution in [0.3, 0.4) is 0 Å². The molecule has 44 heavy (non-hydrogen) atoms. The van der Waals surface area contributed by atoms with Crippen LogP contribution in [0.4, 0.5) is 0 Å². The van der Waals surface area contributed by atoms with Crippen molar-refractivity contribution in [2.45, 2.75) is 0 Å². The summed E-state index contributed by atoms with van der Waals surface area (Å²) in [5, 5.41) is 12.6. The van der Waals surface area contributed by atoms with Crippen molar-refractivity contribution in [3.05, 3.63) is 170 Å². The fraction of sp³-hybridized carbons (Fsp3) is 0. The fourth-order valence-corrected chi connectivity index (χ4v) is 7.14. The predicted octanol–water partition coefficient (Wildman–Crippen LogP) is 12.5. The molecule has 0 spiro atoms. The monoisotopic (exact) mass is 556 g/mol. The van der Waals surface area contributed by atoms with Gasteiger partial charge in [0.25, 0.3) is 0 Å². The zero-order chi connectivity index (χ0) is 29.0. The minimum atomic E-state index is 1.24. The molecule has 9 aromatic carbocycles. The summed E-state index contributed by atoms with van der Waals surface area (Å²) < 4.78 is 0. The largest absolute Gasteiger partial charge is 0.0616 e.